The van der Waals surface area contributed by atoms with Crippen molar-refractivity contribution in [1.29, 1.82) is 0 Å². The highest BCUT2D eigenvalue weighted by Crippen LogP contribution is 2.36. The summed E-state index contributed by atoms with van der Waals surface area (Å²) in [7, 11) is 1.80. The topological polar surface area (TPSA) is 30.5 Å². The van der Waals surface area contributed by atoms with E-state index in [2.05, 4.69) is 46.9 Å². The molecule has 5 unspecified atom stereocenters. The van der Waals surface area contributed by atoms with Crippen molar-refractivity contribution in [3.05, 3.63) is 0 Å². The van der Waals surface area contributed by atoms with Gasteiger partial charge in [0.1, 0.15) is 0 Å². The molecule has 0 aromatic rings. The summed E-state index contributed by atoms with van der Waals surface area (Å²) in [6.45, 7) is 14.3. The molecule has 5 atom stereocenters. The molecule has 1 heterocycles. The maximum absolute atomic E-state index is 6.00. The minimum Gasteiger partial charge on any atom is -0.379 e. The van der Waals surface area contributed by atoms with Crippen molar-refractivity contribution in [3.63, 3.8) is 0 Å². The smallest absolute Gasteiger partial charge is 0.0623 e. The Hall–Kier alpha value is -0.120. The van der Waals surface area contributed by atoms with Crippen molar-refractivity contribution in [2.45, 2.75) is 78.2 Å². The molecule has 1 saturated heterocycles. The van der Waals surface area contributed by atoms with Crippen molar-refractivity contribution < 1.29 is 9.47 Å². The van der Waals surface area contributed by atoms with E-state index >= 15 is 0 Å². The van der Waals surface area contributed by atoms with Crippen LogP contribution in [0.4, 0.5) is 0 Å². The van der Waals surface area contributed by atoms with E-state index in [0.717, 1.165) is 19.4 Å². The Morgan fingerprint density at radius 2 is 1.84 bits per heavy atom. The Labute approximate surface area is 119 Å². The van der Waals surface area contributed by atoms with Crippen molar-refractivity contribution in [3.8, 4) is 0 Å². The average Bonchev–Trinajstić information content (AvgIpc) is 2.59. The standard InChI is InChI=1S/C16H33NO2/c1-8-17-14(9-10-16(5,6)18-7)15-11(2)12(3)19-13(15)4/h11-15,17H,8-10H2,1-7H3. The molecule has 1 N–H and O–H groups in total. The molecule has 0 amide bonds. The van der Waals surface area contributed by atoms with Crippen LogP contribution in [-0.2, 0) is 9.47 Å². The lowest BCUT2D eigenvalue weighted by atomic mass is 9.80. The Morgan fingerprint density at radius 1 is 1.21 bits per heavy atom. The van der Waals surface area contributed by atoms with Gasteiger partial charge in [0.05, 0.1) is 17.8 Å². The Bertz CT molecular complexity index is 267. The third-order valence-electron chi connectivity index (χ3n) is 4.86. The predicted molar refractivity (Wildman–Crippen MR) is 80.4 cm³/mol. The van der Waals surface area contributed by atoms with Gasteiger partial charge in [0.15, 0.2) is 0 Å². The number of methoxy groups -OCH3 is 1. The van der Waals surface area contributed by atoms with Crippen LogP contribution in [0.25, 0.3) is 0 Å². The predicted octanol–water partition coefficient (Wildman–Crippen LogP) is 3.23. The zero-order chi connectivity index (χ0) is 14.6. The Morgan fingerprint density at radius 3 is 2.26 bits per heavy atom. The number of hydrogen-bond acceptors (Lipinski definition) is 3. The summed E-state index contributed by atoms with van der Waals surface area (Å²) < 4.78 is 11.5. The molecular weight excluding hydrogens is 238 g/mol. The monoisotopic (exact) mass is 271 g/mol. The quantitative estimate of drug-likeness (QED) is 0.771. The summed E-state index contributed by atoms with van der Waals surface area (Å²) in [5, 5.41) is 3.67. The van der Waals surface area contributed by atoms with Gasteiger partial charge in [-0.25, -0.2) is 0 Å². The molecule has 1 rings (SSSR count). The summed E-state index contributed by atoms with van der Waals surface area (Å²) in [5.41, 5.74) is -0.0365. The van der Waals surface area contributed by atoms with Crippen LogP contribution in [0.15, 0.2) is 0 Å². The van der Waals surface area contributed by atoms with Gasteiger partial charge in [0.2, 0.25) is 0 Å². The van der Waals surface area contributed by atoms with E-state index in [1.165, 1.54) is 0 Å². The highest BCUT2D eigenvalue weighted by atomic mass is 16.5. The molecule has 0 aromatic heterocycles. The molecule has 0 aliphatic carbocycles. The molecule has 0 spiro atoms. The second-order valence-electron chi connectivity index (χ2n) is 6.65. The van der Waals surface area contributed by atoms with Crippen molar-refractivity contribution >= 4 is 0 Å². The van der Waals surface area contributed by atoms with Crippen LogP contribution in [0.1, 0.15) is 54.4 Å². The lowest BCUT2D eigenvalue weighted by Gasteiger charge is -2.32. The third-order valence-corrected chi connectivity index (χ3v) is 4.86. The molecule has 0 radical (unpaired) electrons. The van der Waals surface area contributed by atoms with E-state index in [1.807, 2.05) is 0 Å². The number of hydrogen-bond donors (Lipinski definition) is 1. The fourth-order valence-corrected chi connectivity index (χ4v) is 3.29. The molecule has 1 aliphatic heterocycles. The minimum atomic E-state index is -0.0365. The van der Waals surface area contributed by atoms with Crippen molar-refractivity contribution in [2.24, 2.45) is 11.8 Å². The van der Waals surface area contributed by atoms with Crippen LogP contribution in [0.3, 0.4) is 0 Å². The first kappa shape index (κ1) is 16.9. The lowest BCUT2D eigenvalue weighted by Crippen LogP contribution is -2.43. The van der Waals surface area contributed by atoms with E-state index in [0.29, 0.717) is 30.1 Å². The first-order valence-corrected chi connectivity index (χ1v) is 7.76. The molecule has 1 fully saturated rings. The van der Waals surface area contributed by atoms with Crippen LogP contribution in [0.5, 0.6) is 0 Å². The molecule has 0 saturated carbocycles. The SMILES string of the molecule is CCNC(CCC(C)(C)OC)C1C(C)OC(C)C1C. The normalized spacial score (nSPS) is 33.6. The van der Waals surface area contributed by atoms with Gasteiger partial charge in [0, 0.05) is 19.1 Å². The summed E-state index contributed by atoms with van der Waals surface area (Å²) in [6, 6.07) is 0.523. The first-order chi connectivity index (χ1) is 8.82. The third kappa shape index (κ3) is 4.44. The first-order valence-electron chi connectivity index (χ1n) is 7.76. The maximum Gasteiger partial charge on any atom is 0.0623 e. The van der Waals surface area contributed by atoms with Gasteiger partial charge in [-0.1, -0.05) is 13.8 Å². The summed E-state index contributed by atoms with van der Waals surface area (Å²) in [4.78, 5) is 0. The summed E-state index contributed by atoms with van der Waals surface area (Å²) in [6.07, 6.45) is 2.94. The average molecular weight is 271 g/mol. The van der Waals surface area contributed by atoms with E-state index in [4.69, 9.17) is 9.47 Å². The zero-order valence-electron chi connectivity index (χ0n) is 13.8. The number of nitrogens with one attached hydrogen (secondary N) is 1. The maximum atomic E-state index is 6.00. The highest BCUT2D eigenvalue weighted by Gasteiger charge is 2.41. The molecular formula is C16H33NO2. The number of rotatable bonds is 7. The van der Waals surface area contributed by atoms with Crippen LogP contribution in [0, 0.1) is 11.8 Å². The Kier molecular flexibility index (Phi) is 6.28. The van der Waals surface area contributed by atoms with Gasteiger partial charge < -0.3 is 14.8 Å². The summed E-state index contributed by atoms with van der Waals surface area (Å²) in [5.74, 6) is 1.22. The van der Waals surface area contributed by atoms with Gasteiger partial charge in [-0.15, -0.1) is 0 Å². The summed E-state index contributed by atoms with van der Waals surface area (Å²) >= 11 is 0. The van der Waals surface area contributed by atoms with E-state index in [-0.39, 0.29) is 5.60 Å². The van der Waals surface area contributed by atoms with Crippen LogP contribution >= 0.6 is 0 Å². The largest absolute Gasteiger partial charge is 0.379 e. The molecule has 3 heteroatoms. The van der Waals surface area contributed by atoms with Gasteiger partial charge in [-0.3, -0.25) is 0 Å². The van der Waals surface area contributed by atoms with E-state index in [9.17, 15) is 0 Å². The van der Waals surface area contributed by atoms with Crippen molar-refractivity contribution in [1.82, 2.24) is 5.32 Å². The van der Waals surface area contributed by atoms with Gasteiger partial charge >= 0.3 is 0 Å². The Balaban J connectivity index is 2.66. The number of ether oxygens (including phenoxy) is 2. The second kappa shape index (κ2) is 7.05. The van der Waals surface area contributed by atoms with Gasteiger partial charge in [0.25, 0.3) is 0 Å². The molecule has 1 aliphatic rings. The van der Waals surface area contributed by atoms with Crippen LogP contribution < -0.4 is 5.32 Å². The lowest BCUT2D eigenvalue weighted by molar-refractivity contribution is 0.00738. The minimum absolute atomic E-state index is 0.0365. The van der Waals surface area contributed by atoms with Gasteiger partial charge in [-0.05, 0) is 53.0 Å². The van der Waals surface area contributed by atoms with Gasteiger partial charge in [-0.2, -0.15) is 0 Å². The fourth-order valence-electron chi connectivity index (χ4n) is 3.29. The van der Waals surface area contributed by atoms with Crippen LogP contribution in [0.2, 0.25) is 0 Å². The van der Waals surface area contributed by atoms with E-state index in [1.54, 1.807) is 7.11 Å². The molecule has 0 aromatic carbocycles. The zero-order valence-corrected chi connectivity index (χ0v) is 13.8. The fraction of sp³-hybridized carbons (Fsp3) is 1.00. The van der Waals surface area contributed by atoms with E-state index < -0.39 is 0 Å². The molecule has 3 nitrogen and oxygen atoms in total. The van der Waals surface area contributed by atoms with Crippen molar-refractivity contribution in [2.75, 3.05) is 13.7 Å². The molecule has 114 valence electrons. The van der Waals surface area contributed by atoms with Crippen LogP contribution in [-0.4, -0.2) is 37.5 Å². The molecule has 19 heavy (non-hydrogen) atoms. The highest BCUT2D eigenvalue weighted by molar-refractivity contribution is 4.92. The second-order valence-corrected chi connectivity index (χ2v) is 6.65. The molecule has 0 bridgehead atoms.